The van der Waals surface area contributed by atoms with E-state index in [2.05, 4.69) is 15.5 Å². The first-order valence-corrected chi connectivity index (χ1v) is 4.92. The number of nitrogens with zero attached hydrogens (tertiary/aromatic N) is 4. The molecule has 0 saturated carbocycles. The van der Waals surface area contributed by atoms with E-state index in [0.717, 1.165) is 0 Å². The molecule has 1 aromatic heterocycles. The number of hydrogen-bond donors (Lipinski definition) is 1. The van der Waals surface area contributed by atoms with E-state index in [9.17, 15) is 9.18 Å². The largest absolute Gasteiger partial charge is 0.481 e. The summed E-state index contributed by atoms with van der Waals surface area (Å²) in [4.78, 5) is 10.5. The third kappa shape index (κ3) is 2.63. The molecule has 0 aliphatic heterocycles. The second kappa shape index (κ2) is 4.69. The molecule has 0 unspecified atom stereocenters. The summed E-state index contributed by atoms with van der Waals surface area (Å²) in [6.45, 7) is 0. The summed E-state index contributed by atoms with van der Waals surface area (Å²) >= 11 is 0. The molecule has 0 radical (unpaired) electrons. The Bertz CT molecular complexity index is 541. The van der Waals surface area contributed by atoms with Crippen molar-refractivity contribution in [3.63, 3.8) is 0 Å². The summed E-state index contributed by atoms with van der Waals surface area (Å²) in [6, 6.07) is 5.77. The SMILES string of the molecule is O=C(O)CCc1nnnn1-c1cccc(F)c1. The van der Waals surface area contributed by atoms with Gasteiger partial charge in [-0.3, -0.25) is 4.79 Å². The van der Waals surface area contributed by atoms with Crippen LogP contribution in [0.4, 0.5) is 4.39 Å². The highest BCUT2D eigenvalue weighted by atomic mass is 19.1. The van der Waals surface area contributed by atoms with E-state index in [0.29, 0.717) is 11.5 Å². The van der Waals surface area contributed by atoms with Crippen molar-refractivity contribution in [2.24, 2.45) is 0 Å². The quantitative estimate of drug-likeness (QED) is 0.849. The summed E-state index contributed by atoms with van der Waals surface area (Å²) < 4.78 is 14.4. The van der Waals surface area contributed by atoms with Crippen LogP contribution >= 0.6 is 0 Å². The fraction of sp³-hybridized carbons (Fsp3) is 0.200. The Morgan fingerprint density at radius 2 is 2.29 bits per heavy atom. The monoisotopic (exact) mass is 236 g/mol. The molecule has 0 bridgehead atoms. The van der Waals surface area contributed by atoms with Crippen LogP contribution in [-0.2, 0) is 11.2 Å². The number of aliphatic carboxylic acids is 1. The molecule has 0 fully saturated rings. The van der Waals surface area contributed by atoms with Gasteiger partial charge in [0.25, 0.3) is 0 Å². The van der Waals surface area contributed by atoms with Crippen LogP contribution < -0.4 is 0 Å². The van der Waals surface area contributed by atoms with Gasteiger partial charge in [-0.15, -0.1) is 5.10 Å². The number of tetrazole rings is 1. The zero-order chi connectivity index (χ0) is 12.3. The standard InChI is InChI=1S/C10H9FN4O2/c11-7-2-1-3-8(6-7)15-9(12-13-14-15)4-5-10(16)17/h1-3,6H,4-5H2,(H,16,17). The van der Waals surface area contributed by atoms with Crippen LogP contribution in [0.1, 0.15) is 12.2 Å². The summed E-state index contributed by atoms with van der Waals surface area (Å²) in [5.74, 6) is -0.945. The Kier molecular flexibility index (Phi) is 3.08. The first kappa shape index (κ1) is 11.2. The number of hydrogen-bond acceptors (Lipinski definition) is 4. The van der Waals surface area contributed by atoms with Crippen LogP contribution in [0.2, 0.25) is 0 Å². The van der Waals surface area contributed by atoms with Crippen molar-refractivity contribution in [3.05, 3.63) is 35.9 Å². The molecule has 1 heterocycles. The predicted octanol–water partition coefficient (Wildman–Crippen LogP) is 0.819. The lowest BCUT2D eigenvalue weighted by atomic mass is 10.2. The Balaban J connectivity index is 2.27. The first-order chi connectivity index (χ1) is 8.16. The van der Waals surface area contributed by atoms with E-state index in [1.807, 2.05) is 0 Å². The van der Waals surface area contributed by atoms with Gasteiger partial charge in [0.15, 0.2) is 5.82 Å². The van der Waals surface area contributed by atoms with Gasteiger partial charge < -0.3 is 5.11 Å². The molecular weight excluding hydrogens is 227 g/mol. The number of carboxylic acid groups (broad SMARTS) is 1. The van der Waals surface area contributed by atoms with Crippen molar-refractivity contribution < 1.29 is 14.3 Å². The topological polar surface area (TPSA) is 80.9 Å². The van der Waals surface area contributed by atoms with E-state index >= 15 is 0 Å². The lowest BCUT2D eigenvalue weighted by Gasteiger charge is -2.03. The predicted molar refractivity (Wildman–Crippen MR) is 55.1 cm³/mol. The highest BCUT2D eigenvalue weighted by Crippen LogP contribution is 2.10. The zero-order valence-electron chi connectivity index (χ0n) is 8.75. The van der Waals surface area contributed by atoms with Gasteiger partial charge in [0.1, 0.15) is 5.82 Å². The van der Waals surface area contributed by atoms with Gasteiger partial charge in [-0.25, -0.2) is 4.39 Å². The van der Waals surface area contributed by atoms with Crippen LogP contribution in [0.5, 0.6) is 0 Å². The third-order valence-electron chi connectivity index (χ3n) is 2.15. The number of halogens is 1. The Morgan fingerprint density at radius 1 is 1.47 bits per heavy atom. The second-order valence-electron chi connectivity index (χ2n) is 3.38. The molecule has 0 spiro atoms. The van der Waals surface area contributed by atoms with E-state index in [1.165, 1.54) is 22.9 Å². The second-order valence-corrected chi connectivity index (χ2v) is 3.38. The molecule has 2 rings (SSSR count). The van der Waals surface area contributed by atoms with Crippen LogP contribution in [0.15, 0.2) is 24.3 Å². The van der Waals surface area contributed by atoms with Crippen LogP contribution in [0.3, 0.4) is 0 Å². The molecule has 1 N–H and O–H groups in total. The van der Waals surface area contributed by atoms with Crippen molar-refractivity contribution in [2.45, 2.75) is 12.8 Å². The average Bonchev–Trinajstić information content (AvgIpc) is 2.74. The number of rotatable bonds is 4. The Hall–Kier alpha value is -2.31. The van der Waals surface area contributed by atoms with Crippen molar-refractivity contribution in [3.8, 4) is 5.69 Å². The first-order valence-electron chi connectivity index (χ1n) is 4.92. The maximum atomic E-state index is 13.0. The molecule has 1 aromatic carbocycles. The Labute approximate surface area is 95.7 Å². The fourth-order valence-corrected chi connectivity index (χ4v) is 1.39. The van der Waals surface area contributed by atoms with Gasteiger partial charge in [-0.05, 0) is 28.6 Å². The lowest BCUT2D eigenvalue weighted by molar-refractivity contribution is -0.137. The molecule has 2 aromatic rings. The van der Waals surface area contributed by atoms with Crippen LogP contribution in [0.25, 0.3) is 5.69 Å². The van der Waals surface area contributed by atoms with E-state index in [-0.39, 0.29) is 12.8 Å². The Morgan fingerprint density at radius 3 is 3.00 bits per heavy atom. The molecule has 17 heavy (non-hydrogen) atoms. The maximum Gasteiger partial charge on any atom is 0.303 e. The number of benzene rings is 1. The van der Waals surface area contributed by atoms with E-state index in [1.54, 1.807) is 6.07 Å². The molecule has 0 aliphatic rings. The van der Waals surface area contributed by atoms with Crippen molar-refractivity contribution in [1.82, 2.24) is 20.2 Å². The van der Waals surface area contributed by atoms with Gasteiger partial charge in [-0.2, -0.15) is 4.68 Å². The van der Waals surface area contributed by atoms with Gasteiger partial charge in [-0.1, -0.05) is 6.07 Å². The van der Waals surface area contributed by atoms with E-state index < -0.39 is 11.8 Å². The summed E-state index contributed by atoms with van der Waals surface area (Å²) in [5.41, 5.74) is 0.468. The zero-order valence-corrected chi connectivity index (χ0v) is 8.75. The number of carbonyl (C=O) groups is 1. The molecule has 0 amide bonds. The summed E-state index contributed by atoms with van der Waals surface area (Å²) in [6.07, 6.45) is 0.120. The molecule has 88 valence electrons. The minimum absolute atomic E-state index is 0.0737. The summed E-state index contributed by atoms with van der Waals surface area (Å²) in [7, 11) is 0. The molecule has 6 nitrogen and oxygen atoms in total. The fourth-order valence-electron chi connectivity index (χ4n) is 1.39. The van der Waals surface area contributed by atoms with E-state index in [4.69, 9.17) is 5.11 Å². The van der Waals surface area contributed by atoms with Crippen LogP contribution in [-0.4, -0.2) is 31.3 Å². The van der Waals surface area contributed by atoms with Gasteiger partial charge in [0.2, 0.25) is 0 Å². The maximum absolute atomic E-state index is 13.0. The highest BCUT2D eigenvalue weighted by Gasteiger charge is 2.10. The lowest BCUT2D eigenvalue weighted by Crippen LogP contribution is -2.06. The normalized spacial score (nSPS) is 10.4. The van der Waals surface area contributed by atoms with Crippen LogP contribution in [0, 0.1) is 5.82 Å². The summed E-state index contributed by atoms with van der Waals surface area (Å²) in [5, 5.41) is 19.4. The average molecular weight is 236 g/mol. The minimum atomic E-state index is -0.932. The van der Waals surface area contributed by atoms with Gasteiger partial charge >= 0.3 is 5.97 Å². The number of carboxylic acids is 1. The molecule has 7 heteroatoms. The van der Waals surface area contributed by atoms with Crippen molar-refractivity contribution in [1.29, 1.82) is 0 Å². The van der Waals surface area contributed by atoms with Gasteiger partial charge in [0, 0.05) is 6.42 Å². The molecular formula is C10H9FN4O2. The van der Waals surface area contributed by atoms with Crippen molar-refractivity contribution in [2.75, 3.05) is 0 Å². The molecule has 0 saturated heterocycles. The molecule has 0 atom stereocenters. The number of aromatic nitrogens is 4. The molecule has 0 aliphatic carbocycles. The third-order valence-corrected chi connectivity index (χ3v) is 2.15. The highest BCUT2D eigenvalue weighted by molar-refractivity contribution is 5.66. The minimum Gasteiger partial charge on any atom is -0.481 e. The van der Waals surface area contributed by atoms with Crippen molar-refractivity contribution >= 4 is 5.97 Å². The number of aryl methyl sites for hydroxylation is 1. The van der Waals surface area contributed by atoms with Gasteiger partial charge in [0.05, 0.1) is 12.1 Å². The smallest absolute Gasteiger partial charge is 0.303 e.